The first kappa shape index (κ1) is 19.5. The fourth-order valence-electron chi connectivity index (χ4n) is 4.87. The third kappa shape index (κ3) is 4.59. The van der Waals surface area contributed by atoms with E-state index >= 15 is 0 Å². The Labute approximate surface area is 169 Å². The van der Waals surface area contributed by atoms with E-state index in [1.807, 2.05) is 0 Å². The number of aliphatic hydroxyl groups is 1. The third-order valence-corrected chi connectivity index (χ3v) is 6.70. The van der Waals surface area contributed by atoms with Crippen molar-refractivity contribution >= 4 is 0 Å². The van der Waals surface area contributed by atoms with Crippen molar-refractivity contribution in [2.45, 2.75) is 51.0 Å². The van der Waals surface area contributed by atoms with Crippen LogP contribution in [0.2, 0.25) is 0 Å². The molecule has 2 aromatic rings. The van der Waals surface area contributed by atoms with Gasteiger partial charge in [-0.25, -0.2) is 0 Å². The number of piperidine rings is 1. The smallest absolute Gasteiger partial charge is 0.119 e. The van der Waals surface area contributed by atoms with Crippen LogP contribution < -0.4 is 4.74 Å². The maximum Gasteiger partial charge on any atom is 0.119 e. The molecule has 0 amide bonds. The number of likely N-dealkylation sites (tertiary alicyclic amines) is 1. The number of methoxy groups -OCH3 is 1. The highest BCUT2D eigenvalue weighted by Gasteiger charge is 2.33. The molecule has 2 aliphatic rings. The van der Waals surface area contributed by atoms with Gasteiger partial charge in [0.15, 0.2) is 0 Å². The van der Waals surface area contributed by atoms with E-state index in [1.165, 1.54) is 35.1 Å². The molecular formula is C25H33NO2. The fourth-order valence-corrected chi connectivity index (χ4v) is 4.87. The second kappa shape index (κ2) is 8.26. The molecule has 1 fully saturated rings. The zero-order valence-electron chi connectivity index (χ0n) is 17.3. The number of nitrogens with zero attached hydrogens (tertiary/aromatic N) is 1. The van der Waals surface area contributed by atoms with Crippen molar-refractivity contribution in [2.75, 3.05) is 26.7 Å². The predicted molar refractivity (Wildman–Crippen MR) is 114 cm³/mol. The molecule has 1 atom stereocenters. The fraction of sp³-hybridized carbons (Fsp3) is 0.520. The normalized spacial score (nSPS) is 21.9. The van der Waals surface area contributed by atoms with Gasteiger partial charge >= 0.3 is 0 Å². The number of hydrogen-bond donors (Lipinski definition) is 1. The second-order valence-electron chi connectivity index (χ2n) is 8.93. The summed E-state index contributed by atoms with van der Waals surface area (Å²) in [7, 11) is 1.74. The van der Waals surface area contributed by atoms with Gasteiger partial charge in [-0.2, -0.15) is 0 Å². The Balaban J connectivity index is 1.29. The molecular weight excluding hydrogens is 346 g/mol. The van der Waals surface area contributed by atoms with Crippen LogP contribution in [0.5, 0.6) is 5.75 Å². The van der Waals surface area contributed by atoms with Crippen LogP contribution in [-0.4, -0.2) is 42.4 Å². The molecule has 28 heavy (non-hydrogen) atoms. The van der Waals surface area contributed by atoms with E-state index in [2.05, 4.69) is 54.3 Å². The largest absolute Gasteiger partial charge is 0.497 e. The Hall–Kier alpha value is -1.84. The standard InChI is InChI=1S/C25H33NO2/c1-19-3-5-20(6-4-19)17-25(27)11-13-26(14-12-25)18-21-7-8-23-16-24(28-2)10-9-22(23)15-21/h3-6,9-10,16,21,27H,7-8,11-15,17-18H2,1-2H3. The summed E-state index contributed by atoms with van der Waals surface area (Å²) in [6.07, 6.45) is 6.11. The molecule has 1 unspecified atom stereocenters. The van der Waals surface area contributed by atoms with Gasteiger partial charge in [-0.1, -0.05) is 35.9 Å². The van der Waals surface area contributed by atoms with E-state index in [-0.39, 0.29) is 0 Å². The van der Waals surface area contributed by atoms with Crippen molar-refractivity contribution in [3.8, 4) is 5.75 Å². The van der Waals surface area contributed by atoms with Gasteiger partial charge in [0.05, 0.1) is 12.7 Å². The molecule has 1 aliphatic heterocycles. The molecule has 0 radical (unpaired) electrons. The third-order valence-electron chi connectivity index (χ3n) is 6.70. The highest BCUT2D eigenvalue weighted by Crippen LogP contribution is 2.31. The van der Waals surface area contributed by atoms with Gasteiger partial charge in [-0.15, -0.1) is 0 Å². The Morgan fingerprint density at radius 1 is 1.07 bits per heavy atom. The van der Waals surface area contributed by atoms with E-state index in [4.69, 9.17) is 4.74 Å². The summed E-state index contributed by atoms with van der Waals surface area (Å²) < 4.78 is 5.36. The Bertz CT molecular complexity index is 791. The maximum atomic E-state index is 11.1. The first-order valence-corrected chi connectivity index (χ1v) is 10.7. The van der Waals surface area contributed by atoms with E-state index in [0.29, 0.717) is 0 Å². The average Bonchev–Trinajstić information content (AvgIpc) is 2.71. The molecule has 1 heterocycles. The van der Waals surface area contributed by atoms with Crippen LogP contribution in [-0.2, 0) is 19.3 Å². The molecule has 0 saturated carbocycles. The Kier molecular flexibility index (Phi) is 5.75. The van der Waals surface area contributed by atoms with E-state index < -0.39 is 5.60 Å². The molecule has 1 N–H and O–H groups in total. The minimum atomic E-state index is -0.540. The quantitative estimate of drug-likeness (QED) is 0.846. The minimum Gasteiger partial charge on any atom is -0.497 e. The molecule has 0 spiro atoms. The van der Waals surface area contributed by atoms with Gasteiger partial charge in [0.25, 0.3) is 0 Å². The van der Waals surface area contributed by atoms with Crippen LogP contribution in [0.15, 0.2) is 42.5 Å². The molecule has 150 valence electrons. The van der Waals surface area contributed by atoms with Crippen LogP contribution in [0.25, 0.3) is 0 Å². The number of ether oxygens (including phenoxy) is 1. The van der Waals surface area contributed by atoms with Crippen LogP contribution >= 0.6 is 0 Å². The summed E-state index contributed by atoms with van der Waals surface area (Å²) in [6, 6.07) is 15.2. The van der Waals surface area contributed by atoms with Gasteiger partial charge < -0.3 is 14.7 Å². The van der Waals surface area contributed by atoms with Crippen molar-refractivity contribution < 1.29 is 9.84 Å². The highest BCUT2D eigenvalue weighted by molar-refractivity contribution is 5.37. The summed E-state index contributed by atoms with van der Waals surface area (Å²) in [5.41, 5.74) is 4.94. The van der Waals surface area contributed by atoms with Crippen molar-refractivity contribution in [1.82, 2.24) is 4.90 Å². The number of benzene rings is 2. The highest BCUT2D eigenvalue weighted by atomic mass is 16.5. The minimum absolute atomic E-state index is 0.540. The average molecular weight is 380 g/mol. The number of fused-ring (bicyclic) bond motifs is 1. The summed E-state index contributed by atoms with van der Waals surface area (Å²) >= 11 is 0. The van der Waals surface area contributed by atoms with Gasteiger partial charge in [0.1, 0.15) is 5.75 Å². The lowest BCUT2D eigenvalue weighted by Crippen LogP contribution is -2.47. The summed E-state index contributed by atoms with van der Waals surface area (Å²) in [4.78, 5) is 2.57. The van der Waals surface area contributed by atoms with Crippen molar-refractivity contribution in [3.05, 3.63) is 64.7 Å². The molecule has 0 aromatic heterocycles. The lowest BCUT2D eigenvalue weighted by molar-refractivity contribution is -0.0239. The molecule has 3 nitrogen and oxygen atoms in total. The van der Waals surface area contributed by atoms with Crippen LogP contribution in [0.3, 0.4) is 0 Å². The van der Waals surface area contributed by atoms with Crippen LogP contribution in [0.1, 0.15) is 41.5 Å². The lowest BCUT2D eigenvalue weighted by atomic mass is 9.82. The number of aryl methyl sites for hydroxylation is 2. The second-order valence-corrected chi connectivity index (χ2v) is 8.93. The van der Waals surface area contributed by atoms with E-state index in [0.717, 1.165) is 57.0 Å². The first-order chi connectivity index (χ1) is 13.5. The zero-order chi connectivity index (χ0) is 19.6. The lowest BCUT2D eigenvalue weighted by Gasteiger charge is -2.40. The van der Waals surface area contributed by atoms with Crippen LogP contribution in [0, 0.1) is 12.8 Å². The van der Waals surface area contributed by atoms with Gasteiger partial charge in [-0.05, 0) is 73.8 Å². The first-order valence-electron chi connectivity index (χ1n) is 10.7. The summed E-state index contributed by atoms with van der Waals surface area (Å²) in [5.74, 6) is 1.70. The number of hydrogen-bond acceptors (Lipinski definition) is 3. The Morgan fingerprint density at radius 3 is 2.54 bits per heavy atom. The molecule has 1 saturated heterocycles. The molecule has 3 heteroatoms. The van der Waals surface area contributed by atoms with E-state index in [9.17, 15) is 5.11 Å². The van der Waals surface area contributed by atoms with Gasteiger partial charge in [0, 0.05) is 26.1 Å². The molecule has 4 rings (SSSR count). The van der Waals surface area contributed by atoms with E-state index in [1.54, 1.807) is 7.11 Å². The predicted octanol–water partition coefficient (Wildman–Crippen LogP) is 4.18. The van der Waals surface area contributed by atoms with Crippen molar-refractivity contribution in [2.24, 2.45) is 5.92 Å². The monoisotopic (exact) mass is 379 g/mol. The molecule has 1 aliphatic carbocycles. The van der Waals surface area contributed by atoms with Gasteiger partial charge in [-0.3, -0.25) is 0 Å². The number of rotatable bonds is 5. The maximum absolute atomic E-state index is 11.1. The molecule has 2 aromatic carbocycles. The zero-order valence-corrected chi connectivity index (χ0v) is 17.3. The molecule has 0 bridgehead atoms. The topological polar surface area (TPSA) is 32.7 Å². The SMILES string of the molecule is COc1ccc2c(c1)CCC(CN1CCC(O)(Cc3ccc(C)cc3)CC1)C2. The Morgan fingerprint density at radius 2 is 1.82 bits per heavy atom. The summed E-state index contributed by atoms with van der Waals surface area (Å²) in [5, 5.41) is 11.1. The summed E-state index contributed by atoms with van der Waals surface area (Å²) in [6.45, 7) is 5.28. The van der Waals surface area contributed by atoms with Crippen LogP contribution in [0.4, 0.5) is 0 Å². The van der Waals surface area contributed by atoms with Gasteiger partial charge in [0.2, 0.25) is 0 Å². The van der Waals surface area contributed by atoms with Crippen molar-refractivity contribution in [3.63, 3.8) is 0 Å². The van der Waals surface area contributed by atoms with Crippen molar-refractivity contribution in [1.29, 1.82) is 0 Å².